The second kappa shape index (κ2) is 6.69. The van der Waals surface area contributed by atoms with E-state index in [9.17, 15) is 4.39 Å². The molecule has 0 heterocycles. The molecule has 19 heavy (non-hydrogen) atoms. The first-order valence-electron chi connectivity index (χ1n) is 6.27. The van der Waals surface area contributed by atoms with E-state index in [2.05, 4.69) is 24.2 Å². The Morgan fingerprint density at radius 2 is 2.00 bits per heavy atom. The first-order valence-corrected chi connectivity index (χ1v) is 6.27. The highest BCUT2D eigenvalue weighted by Gasteiger charge is 1.99. The van der Waals surface area contributed by atoms with Crippen LogP contribution in [0.5, 0.6) is 0 Å². The molecule has 3 heteroatoms. The van der Waals surface area contributed by atoms with Gasteiger partial charge in [0.2, 0.25) is 0 Å². The smallest absolute Gasteiger partial charge is 0.145 e. The van der Waals surface area contributed by atoms with E-state index in [0.717, 1.165) is 12.0 Å². The van der Waals surface area contributed by atoms with Gasteiger partial charge in [-0.3, -0.25) is 0 Å². The molecule has 0 bridgehead atoms. The van der Waals surface area contributed by atoms with Gasteiger partial charge in [-0.25, -0.2) is 4.39 Å². The van der Waals surface area contributed by atoms with E-state index >= 15 is 0 Å². The van der Waals surface area contributed by atoms with Crippen LogP contribution >= 0.6 is 0 Å². The summed E-state index contributed by atoms with van der Waals surface area (Å²) >= 11 is 0. The molecular formula is C16H16FNO. The van der Waals surface area contributed by atoms with E-state index in [1.54, 1.807) is 24.4 Å². The van der Waals surface area contributed by atoms with Crippen molar-refractivity contribution in [3.05, 3.63) is 71.0 Å². The fraction of sp³-hybridized carbons (Fsp3) is 0.188. The lowest BCUT2D eigenvalue weighted by atomic mass is 10.1. The van der Waals surface area contributed by atoms with Gasteiger partial charge in [-0.1, -0.05) is 54.5 Å². The van der Waals surface area contributed by atoms with Crippen LogP contribution in [-0.2, 0) is 17.9 Å². The van der Waals surface area contributed by atoms with E-state index in [1.165, 1.54) is 11.6 Å². The van der Waals surface area contributed by atoms with Gasteiger partial charge >= 0.3 is 0 Å². The van der Waals surface area contributed by atoms with Crippen molar-refractivity contribution in [1.82, 2.24) is 0 Å². The maximum atomic E-state index is 13.3. The molecule has 0 saturated heterocycles. The summed E-state index contributed by atoms with van der Waals surface area (Å²) in [6, 6.07) is 14.6. The summed E-state index contributed by atoms with van der Waals surface area (Å²) in [5, 5.41) is 3.86. The first-order chi connectivity index (χ1) is 9.29. The van der Waals surface area contributed by atoms with Crippen LogP contribution < -0.4 is 0 Å². The minimum Gasteiger partial charge on any atom is -0.391 e. The maximum Gasteiger partial charge on any atom is 0.145 e. The molecule has 0 fully saturated rings. The Labute approximate surface area is 112 Å². The van der Waals surface area contributed by atoms with Gasteiger partial charge in [-0.05, 0) is 23.6 Å². The zero-order chi connectivity index (χ0) is 13.5. The quantitative estimate of drug-likeness (QED) is 0.587. The van der Waals surface area contributed by atoms with E-state index < -0.39 is 0 Å². The Morgan fingerprint density at radius 1 is 1.16 bits per heavy atom. The zero-order valence-electron chi connectivity index (χ0n) is 10.8. The molecule has 0 unspecified atom stereocenters. The molecule has 0 saturated carbocycles. The Kier molecular flexibility index (Phi) is 4.67. The highest BCUT2D eigenvalue weighted by atomic mass is 19.1. The average molecular weight is 257 g/mol. The van der Waals surface area contributed by atoms with Crippen LogP contribution in [0.4, 0.5) is 4.39 Å². The lowest BCUT2D eigenvalue weighted by Gasteiger charge is -2.01. The van der Waals surface area contributed by atoms with E-state index in [1.807, 2.05) is 12.1 Å². The molecule has 2 aromatic rings. The maximum absolute atomic E-state index is 13.3. The minimum atomic E-state index is -0.273. The summed E-state index contributed by atoms with van der Waals surface area (Å²) in [6.07, 6.45) is 2.62. The van der Waals surface area contributed by atoms with Crippen molar-refractivity contribution in [2.75, 3.05) is 0 Å². The largest absolute Gasteiger partial charge is 0.391 e. The third-order valence-electron chi connectivity index (χ3n) is 2.81. The second-order valence-corrected chi connectivity index (χ2v) is 4.20. The van der Waals surface area contributed by atoms with Gasteiger partial charge in [0.05, 0.1) is 6.21 Å². The van der Waals surface area contributed by atoms with Crippen molar-refractivity contribution in [3.63, 3.8) is 0 Å². The van der Waals surface area contributed by atoms with Crippen molar-refractivity contribution < 1.29 is 9.23 Å². The van der Waals surface area contributed by atoms with Crippen LogP contribution in [0.25, 0.3) is 0 Å². The van der Waals surface area contributed by atoms with Crippen molar-refractivity contribution >= 4 is 6.21 Å². The summed E-state index contributed by atoms with van der Waals surface area (Å²) in [7, 11) is 0. The summed E-state index contributed by atoms with van der Waals surface area (Å²) < 4.78 is 13.3. The molecular weight excluding hydrogens is 241 g/mol. The van der Waals surface area contributed by atoms with Crippen molar-refractivity contribution in [2.24, 2.45) is 5.16 Å². The van der Waals surface area contributed by atoms with Crippen molar-refractivity contribution in [2.45, 2.75) is 20.0 Å². The van der Waals surface area contributed by atoms with Crippen LogP contribution in [0.3, 0.4) is 0 Å². The molecule has 2 aromatic carbocycles. The van der Waals surface area contributed by atoms with Gasteiger partial charge in [0.25, 0.3) is 0 Å². The van der Waals surface area contributed by atoms with Gasteiger partial charge < -0.3 is 4.84 Å². The van der Waals surface area contributed by atoms with Gasteiger partial charge in [0, 0.05) is 5.56 Å². The standard InChI is InChI=1S/C16H16FNO/c1-2-13-6-5-7-14(10-13)11-18-19-12-15-8-3-4-9-16(15)17/h3-11H,2,12H2,1H3. The Hall–Kier alpha value is -2.16. The topological polar surface area (TPSA) is 21.6 Å². The monoisotopic (exact) mass is 257 g/mol. The Morgan fingerprint density at radius 3 is 2.79 bits per heavy atom. The lowest BCUT2D eigenvalue weighted by molar-refractivity contribution is 0.129. The van der Waals surface area contributed by atoms with Gasteiger partial charge in [0.1, 0.15) is 12.4 Å². The molecule has 0 aromatic heterocycles. The number of oxime groups is 1. The Balaban J connectivity index is 1.91. The summed E-state index contributed by atoms with van der Waals surface area (Å²) in [6.45, 7) is 2.24. The number of nitrogens with zero attached hydrogens (tertiary/aromatic N) is 1. The van der Waals surface area contributed by atoms with Crippen LogP contribution in [0, 0.1) is 5.82 Å². The number of halogens is 1. The molecule has 0 amide bonds. The second-order valence-electron chi connectivity index (χ2n) is 4.20. The van der Waals surface area contributed by atoms with E-state index in [4.69, 9.17) is 4.84 Å². The molecule has 0 aliphatic heterocycles. The third-order valence-corrected chi connectivity index (χ3v) is 2.81. The number of benzene rings is 2. The predicted molar refractivity (Wildman–Crippen MR) is 74.6 cm³/mol. The van der Waals surface area contributed by atoms with Crippen LogP contribution in [0.2, 0.25) is 0 Å². The number of hydrogen-bond donors (Lipinski definition) is 0. The molecule has 2 nitrogen and oxygen atoms in total. The number of hydrogen-bond acceptors (Lipinski definition) is 2. The minimum absolute atomic E-state index is 0.136. The summed E-state index contributed by atoms with van der Waals surface area (Å²) in [5.41, 5.74) is 2.73. The average Bonchev–Trinajstić information content (AvgIpc) is 2.45. The van der Waals surface area contributed by atoms with Crippen LogP contribution in [0.15, 0.2) is 53.7 Å². The normalized spacial score (nSPS) is 10.8. The molecule has 0 spiro atoms. The molecule has 0 atom stereocenters. The number of rotatable bonds is 5. The Bertz CT molecular complexity index is 566. The van der Waals surface area contributed by atoms with Gasteiger partial charge in [-0.2, -0.15) is 0 Å². The molecule has 2 rings (SSSR count). The predicted octanol–water partition coefficient (Wildman–Crippen LogP) is 3.94. The van der Waals surface area contributed by atoms with Crippen LogP contribution in [0.1, 0.15) is 23.6 Å². The third kappa shape index (κ3) is 3.91. The zero-order valence-corrected chi connectivity index (χ0v) is 10.8. The molecule has 0 N–H and O–H groups in total. The van der Waals surface area contributed by atoms with Gasteiger partial charge in [0.15, 0.2) is 0 Å². The fourth-order valence-corrected chi connectivity index (χ4v) is 1.71. The van der Waals surface area contributed by atoms with E-state index in [-0.39, 0.29) is 12.4 Å². The highest BCUT2D eigenvalue weighted by molar-refractivity contribution is 5.79. The van der Waals surface area contributed by atoms with E-state index in [0.29, 0.717) is 5.56 Å². The number of aryl methyl sites for hydroxylation is 1. The molecule has 0 aliphatic rings. The summed E-state index contributed by atoms with van der Waals surface area (Å²) in [5.74, 6) is -0.273. The van der Waals surface area contributed by atoms with Crippen molar-refractivity contribution in [3.8, 4) is 0 Å². The molecule has 98 valence electrons. The van der Waals surface area contributed by atoms with Gasteiger partial charge in [-0.15, -0.1) is 0 Å². The SMILES string of the molecule is CCc1cccc(C=NOCc2ccccc2F)c1. The summed E-state index contributed by atoms with van der Waals surface area (Å²) in [4.78, 5) is 5.11. The first kappa shape index (κ1) is 13.3. The molecule has 0 radical (unpaired) electrons. The highest BCUT2D eigenvalue weighted by Crippen LogP contribution is 2.08. The molecule has 0 aliphatic carbocycles. The van der Waals surface area contributed by atoms with Crippen LogP contribution in [-0.4, -0.2) is 6.21 Å². The fourth-order valence-electron chi connectivity index (χ4n) is 1.71. The van der Waals surface area contributed by atoms with Crippen molar-refractivity contribution in [1.29, 1.82) is 0 Å². The lowest BCUT2D eigenvalue weighted by Crippen LogP contribution is -1.92.